The Labute approximate surface area is 131 Å². The Balaban J connectivity index is 2.88. The maximum absolute atomic E-state index is 12.5. The van der Waals surface area contributed by atoms with Crippen LogP contribution in [0.2, 0.25) is 0 Å². The van der Waals surface area contributed by atoms with Crippen LogP contribution in [-0.4, -0.2) is 17.8 Å². The number of carbonyl (C=O) groups excluding carboxylic acids is 1. The van der Waals surface area contributed by atoms with Crippen LogP contribution in [0.3, 0.4) is 0 Å². The standard InChI is InChI=1S/C17H26BrNO/c1-6-17(7-2,10-18)11-19-16(20)15-13(4)8-12(3)9-14(15)5/h8-9H,6-7,10-11H2,1-5H3,(H,19,20). The van der Waals surface area contributed by atoms with Crippen molar-refractivity contribution in [2.75, 3.05) is 11.9 Å². The first-order valence-electron chi connectivity index (χ1n) is 7.31. The van der Waals surface area contributed by atoms with E-state index in [2.05, 4.69) is 54.2 Å². The van der Waals surface area contributed by atoms with E-state index in [0.29, 0.717) is 0 Å². The molecule has 0 atom stereocenters. The topological polar surface area (TPSA) is 29.1 Å². The summed E-state index contributed by atoms with van der Waals surface area (Å²) in [5, 5.41) is 4.04. The predicted octanol–water partition coefficient (Wildman–Crippen LogP) is 4.54. The maximum atomic E-state index is 12.5. The van der Waals surface area contributed by atoms with Gasteiger partial charge in [-0.1, -0.05) is 47.5 Å². The van der Waals surface area contributed by atoms with E-state index in [9.17, 15) is 4.79 Å². The molecule has 0 heterocycles. The van der Waals surface area contributed by atoms with Crippen LogP contribution in [-0.2, 0) is 0 Å². The third-order valence-corrected chi connectivity index (χ3v) is 5.50. The first-order valence-corrected chi connectivity index (χ1v) is 8.43. The van der Waals surface area contributed by atoms with Crippen LogP contribution in [0.5, 0.6) is 0 Å². The highest BCUT2D eigenvalue weighted by molar-refractivity contribution is 9.09. The predicted molar refractivity (Wildman–Crippen MR) is 89.8 cm³/mol. The number of hydrogen-bond acceptors (Lipinski definition) is 1. The Bertz CT molecular complexity index is 447. The second kappa shape index (κ2) is 7.26. The minimum absolute atomic E-state index is 0.0484. The number of amides is 1. The fourth-order valence-electron chi connectivity index (χ4n) is 2.63. The molecule has 2 nitrogen and oxygen atoms in total. The molecule has 0 aliphatic heterocycles. The van der Waals surface area contributed by atoms with Gasteiger partial charge in [0.2, 0.25) is 0 Å². The van der Waals surface area contributed by atoms with Crippen molar-refractivity contribution >= 4 is 21.8 Å². The van der Waals surface area contributed by atoms with Crippen LogP contribution in [0.25, 0.3) is 0 Å². The fourth-order valence-corrected chi connectivity index (χ4v) is 3.62. The normalized spacial score (nSPS) is 11.5. The molecule has 0 aromatic heterocycles. The van der Waals surface area contributed by atoms with Gasteiger partial charge in [-0.2, -0.15) is 0 Å². The molecule has 0 radical (unpaired) electrons. The zero-order chi connectivity index (χ0) is 15.3. The fraction of sp³-hybridized carbons (Fsp3) is 0.588. The number of hydrogen-bond donors (Lipinski definition) is 1. The third-order valence-electron chi connectivity index (χ3n) is 4.31. The van der Waals surface area contributed by atoms with Gasteiger partial charge < -0.3 is 5.32 Å². The van der Waals surface area contributed by atoms with Gasteiger partial charge in [-0.15, -0.1) is 0 Å². The average molecular weight is 340 g/mol. The van der Waals surface area contributed by atoms with Crippen LogP contribution < -0.4 is 5.32 Å². The van der Waals surface area contributed by atoms with Crippen molar-refractivity contribution in [3.63, 3.8) is 0 Å². The molecular weight excluding hydrogens is 314 g/mol. The lowest BCUT2D eigenvalue weighted by atomic mass is 9.84. The van der Waals surface area contributed by atoms with Gasteiger partial charge in [-0.25, -0.2) is 0 Å². The molecule has 0 bridgehead atoms. The number of benzene rings is 1. The SMILES string of the molecule is CCC(CC)(CBr)CNC(=O)c1c(C)cc(C)cc1C. The number of rotatable bonds is 6. The highest BCUT2D eigenvalue weighted by atomic mass is 79.9. The largest absolute Gasteiger partial charge is 0.351 e. The second-order valence-corrected chi connectivity index (χ2v) is 6.36. The molecule has 112 valence electrons. The van der Waals surface area contributed by atoms with Gasteiger partial charge >= 0.3 is 0 Å². The number of nitrogens with one attached hydrogen (secondary N) is 1. The minimum atomic E-state index is 0.0484. The highest BCUT2D eigenvalue weighted by Crippen LogP contribution is 2.28. The molecule has 20 heavy (non-hydrogen) atoms. The van der Waals surface area contributed by atoms with Crippen molar-refractivity contribution in [1.29, 1.82) is 0 Å². The maximum Gasteiger partial charge on any atom is 0.251 e. The molecule has 1 aromatic carbocycles. The summed E-state index contributed by atoms with van der Waals surface area (Å²) in [6, 6.07) is 4.14. The van der Waals surface area contributed by atoms with Crippen molar-refractivity contribution in [2.45, 2.75) is 47.5 Å². The van der Waals surface area contributed by atoms with E-state index in [4.69, 9.17) is 0 Å². The van der Waals surface area contributed by atoms with Gasteiger partial charge in [0.1, 0.15) is 0 Å². The van der Waals surface area contributed by atoms with E-state index in [-0.39, 0.29) is 11.3 Å². The summed E-state index contributed by atoms with van der Waals surface area (Å²) in [6.45, 7) is 11.2. The van der Waals surface area contributed by atoms with E-state index in [0.717, 1.165) is 41.4 Å². The number of alkyl halides is 1. The van der Waals surface area contributed by atoms with Crippen molar-refractivity contribution in [1.82, 2.24) is 5.32 Å². The van der Waals surface area contributed by atoms with Crippen LogP contribution in [0.15, 0.2) is 12.1 Å². The monoisotopic (exact) mass is 339 g/mol. The van der Waals surface area contributed by atoms with Gasteiger partial charge in [-0.3, -0.25) is 4.79 Å². The molecular formula is C17H26BrNO. The zero-order valence-corrected chi connectivity index (χ0v) is 14.9. The quantitative estimate of drug-likeness (QED) is 0.757. The van der Waals surface area contributed by atoms with E-state index < -0.39 is 0 Å². The summed E-state index contributed by atoms with van der Waals surface area (Å²) in [5.41, 5.74) is 4.29. The molecule has 0 saturated carbocycles. The summed E-state index contributed by atoms with van der Waals surface area (Å²) in [5.74, 6) is 0.0484. The van der Waals surface area contributed by atoms with Crippen molar-refractivity contribution in [2.24, 2.45) is 5.41 Å². The molecule has 0 unspecified atom stereocenters. The van der Waals surface area contributed by atoms with Gasteiger partial charge in [0.25, 0.3) is 5.91 Å². The lowest BCUT2D eigenvalue weighted by Gasteiger charge is -2.30. The molecule has 0 fully saturated rings. The van der Waals surface area contributed by atoms with Crippen LogP contribution >= 0.6 is 15.9 Å². The first kappa shape index (κ1) is 17.2. The Kier molecular flexibility index (Phi) is 6.25. The Morgan fingerprint density at radius 1 is 1.15 bits per heavy atom. The third kappa shape index (κ3) is 3.85. The summed E-state index contributed by atoms with van der Waals surface area (Å²) < 4.78 is 0. The molecule has 0 aliphatic rings. The molecule has 1 N–H and O–H groups in total. The average Bonchev–Trinajstić information content (AvgIpc) is 2.39. The second-order valence-electron chi connectivity index (χ2n) is 5.80. The number of carbonyl (C=O) groups is 1. The molecule has 1 amide bonds. The zero-order valence-electron chi connectivity index (χ0n) is 13.3. The molecule has 0 spiro atoms. The lowest BCUT2D eigenvalue weighted by Crippen LogP contribution is -2.38. The van der Waals surface area contributed by atoms with Gasteiger partial charge in [-0.05, 0) is 50.2 Å². The molecule has 3 heteroatoms. The molecule has 1 rings (SSSR count). The smallest absolute Gasteiger partial charge is 0.251 e. The van der Waals surface area contributed by atoms with Crippen molar-refractivity contribution in [3.05, 3.63) is 34.4 Å². The molecule has 0 aliphatic carbocycles. The Hall–Kier alpha value is -0.830. The first-order chi connectivity index (χ1) is 9.39. The van der Waals surface area contributed by atoms with Crippen LogP contribution in [0, 0.1) is 26.2 Å². The number of halogens is 1. The summed E-state index contributed by atoms with van der Waals surface area (Å²) in [4.78, 5) is 12.5. The summed E-state index contributed by atoms with van der Waals surface area (Å²) in [6.07, 6.45) is 2.11. The summed E-state index contributed by atoms with van der Waals surface area (Å²) >= 11 is 3.59. The lowest BCUT2D eigenvalue weighted by molar-refractivity contribution is 0.0931. The highest BCUT2D eigenvalue weighted by Gasteiger charge is 2.26. The van der Waals surface area contributed by atoms with E-state index in [1.165, 1.54) is 5.56 Å². The van der Waals surface area contributed by atoms with Gasteiger partial charge in [0.05, 0.1) is 0 Å². The molecule has 1 aromatic rings. The van der Waals surface area contributed by atoms with E-state index >= 15 is 0 Å². The number of aryl methyl sites for hydroxylation is 3. The van der Waals surface area contributed by atoms with Crippen molar-refractivity contribution in [3.8, 4) is 0 Å². The Morgan fingerprint density at radius 2 is 1.65 bits per heavy atom. The van der Waals surface area contributed by atoms with E-state index in [1.54, 1.807) is 0 Å². The van der Waals surface area contributed by atoms with Gasteiger partial charge in [0.15, 0.2) is 0 Å². The Morgan fingerprint density at radius 3 is 2.05 bits per heavy atom. The van der Waals surface area contributed by atoms with Gasteiger partial charge in [0, 0.05) is 17.4 Å². The minimum Gasteiger partial charge on any atom is -0.351 e. The van der Waals surface area contributed by atoms with Crippen molar-refractivity contribution < 1.29 is 4.79 Å². The van der Waals surface area contributed by atoms with Crippen LogP contribution in [0.1, 0.15) is 53.7 Å². The molecule has 0 saturated heterocycles. The van der Waals surface area contributed by atoms with Crippen LogP contribution in [0.4, 0.5) is 0 Å². The van der Waals surface area contributed by atoms with E-state index in [1.807, 2.05) is 13.8 Å². The summed E-state index contributed by atoms with van der Waals surface area (Å²) in [7, 11) is 0.